The van der Waals surface area contributed by atoms with Crippen molar-refractivity contribution >= 4 is 88.8 Å². The summed E-state index contributed by atoms with van der Waals surface area (Å²) < 4.78 is 12.4. The molecule has 574 valence electrons. The van der Waals surface area contributed by atoms with Crippen LogP contribution in [0.25, 0.3) is 177 Å². The molecule has 0 fully saturated rings. The first-order valence-electron chi connectivity index (χ1n) is 41.7. The minimum absolute atomic E-state index is 0.899. The summed E-state index contributed by atoms with van der Waals surface area (Å²) in [5, 5.41) is 6.91. The zero-order valence-corrected chi connectivity index (χ0v) is 66.9. The summed E-state index contributed by atoms with van der Waals surface area (Å²) in [6.07, 6.45) is 0. The Balaban J connectivity index is 0.000000150. The Hall–Kier alpha value is -16.1. The van der Waals surface area contributed by atoms with Gasteiger partial charge in [-0.1, -0.05) is 376 Å². The highest BCUT2D eigenvalue weighted by atomic mass is 16.3. The minimum atomic E-state index is 0.899. The topological polar surface area (TPSA) is 32.8 Å². The molecular formula is C118H80N2O2. The van der Waals surface area contributed by atoms with Gasteiger partial charge in [0.25, 0.3) is 0 Å². The number of anilines is 6. The minimum Gasteiger partial charge on any atom is -0.456 e. The molecule has 0 saturated carbocycles. The van der Waals surface area contributed by atoms with Gasteiger partial charge in [0.05, 0.1) is 22.7 Å². The van der Waals surface area contributed by atoms with E-state index >= 15 is 0 Å². The van der Waals surface area contributed by atoms with Crippen molar-refractivity contribution in [3.8, 4) is 122 Å². The summed E-state index contributed by atoms with van der Waals surface area (Å²) in [4.78, 5) is 4.86. The Kier molecular flexibility index (Phi) is 19.7. The molecule has 2 heterocycles. The Labute approximate surface area is 710 Å². The molecule has 4 heteroatoms. The standard InChI is InChI=1S/C60H41NO.C58H39NO/c1-5-17-42(18-6-1)48-32-37-58(55(40-48)46-23-11-4-12-24-46)61(57-27-15-13-25-52(57)44-19-7-2-8-20-44)50-34-29-43(30-35-50)47-31-36-51(54(39-47)45-21-9-3-10-22-45)49-33-38-60-56(41-49)53-26-14-16-28-59(53)62-60;1-4-15-40(16-5-1)46-30-35-56(53(38-46)44-19-8-3-9-20-44)59(55-25-14-22-42-21-10-11-23-50(42)55)48-32-27-41(28-33-48)45-29-34-49(52(37-45)43-17-6-2-7-18-43)47-31-36-58-54(39-47)51-24-12-13-26-57(51)60-58/h1-41H;1-39H. The number of benzene rings is 20. The second-order valence-corrected chi connectivity index (χ2v) is 30.9. The number of furan rings is 2. The van der Waals surface area contributed by atoms with Crippen LogP contribution in [0.15, 0.2) is 494 Å². The molecule has 0 aliphatic carbocycles. The Bertz CT molecular complexity index is 7510. The van der Waals surface area contributed by atoms with Crippen molar-refractivity contribution in [3.05, 3.63) is 485 Å². The first-order valence-corrected chi connectivity index (χ1v) is 41.7. The van der Waals surface area contributed by atoms with Crippen LogP contribution in [0.2, 0.25) is 0 Å². The lowest BCUT2D eigenvalue weighted by molar-refractivity contribution is 0.668. The summed E-state index contributed by atoms with van der Waals surface area (Å²) in [6, 6.07) is 174. The maximum absolute atomic E-state index is 6.20. The molecule has 22 aromatic rings. The van der Waals surface area contributed by atoms with Crippen LogP contribution < -0.4 is 9.80 Å². The number of fused-ring (bicyclic) bond motifs is 7. The van der Waals surface area contributed by atoms with Crippen molar-refractivity contribution in [2.24, 2.45) is 0 Å². The number of hydrogen-bond donors (Lipinski definition) is 0. The van der Waals surface area contributed by atoms with Crippen molar-refractivity contribution < 1.29 is 8.83 Å². The summed E-state index contributed by atoms with van der Waals surface area (Å²) in [7, 11) is 0. The lowest BCUT2D eigenvalue weighted by Gasteiger charge is -2.30. The molecule has 0 unspecified atom stereocenters. The van der Waals surface area contributed by atoms with Gasteiger partial charge in [-0.25, -0.2) is 0 Å². The summed E-state index contributed by atoms with van der Waals surface area (Å²) >= 11 is 0. The second kappa shape index (κ2) is 32.7. The second-order valence-electron chi connectivity index (χ2n) is 30.9. The van der Waals surface area contributed by atoms with Gasteiger partial charge in [-0.05, 0) is 220 Å². The van der Waals surface area contributed by atoms with Gasteiger partial charge in [-0.2, -0.15) is 0 Å². The molecule has 0 N–H and O–H groups in total. The molecule has 0 bridgehead atoms. The Morgan fingerprint density at radius 3 is 0.844 bits per heavy atom. The SMILES string of the molecule is c1ccc(-c2ccc(N(c3ccc(-c4ccc(-c5ccc6oc7ccccc7c6c5)c(-c5ccccc5)c4)cc3)c3cccc4ccccc34)c(-c3ccccc3)c2)cc1.c1ccc(-c2ccc(N(c3ccc(-c4ccc(-c5ccc6oc7ccccc7c6c5)c(-c5ccccc5)c4)cc3)c3ccccc3-c3ccccc3)c(-c3ccccc3)c2)cc1. The summed E-state index contributed by atoms with van der Waals surface area (Å²) in [5.74, 6) is 0. The molecule has 0 aliphatic rings. The maximum Gasteiger partial charge on any atom is 0.135 e. The van der Waals surface area contributed by atoms with Gasteiger partial charge < -0.3 is 18.6 Å². The molecule has 0 aliphatic heterocycles. The van der Waals surface area contributed by atoms with Crippen LogP contribution in [0.1, 0.15) is 0 Å². The normalized spacial score (nSPS) is 11.3. The molecular weight excluding hydrogens is 1480 g/mol. The summed E-state index contributed by atoms with van der Waals surface area (Å²) in [5.41, 5.74) is 36.0. The maximum atomic E-state index is 6.20. The van der Waals surface area contributed by atoms with Crippen molar-refractivity contribution in [3.63, 3.8) is 0 Å². The fraction of sp³-hybridized carbons (Fsp3) is 0. The monoisotopic (exact) mass is 1560 g/mol. The van der Waals surface area contributed by atoms with Crippen LogP contribution in [0, 0.1) is 0 Å². The fourth-order valence-electron chi connectivity index (χ4n) is 17.6. The molecule has 20 aromatic carbocycles. The predicted molar refractivity (Wildman–Crippen MR) is 514 cm³/mol. The van der Waals surface area contributed by atoms with Gasteiger partial charge in [-0.3, -0.25) is 0 Å². The van der Waals surface area contributed by atoms with E-state index in [1.165, 1.54) is 83.1 Å². The van der Waals surface area contributed by atoms with E-state index in [0.717, 1.165) is 128 Å². The summed E-state index contributed by atoms with van der Waals surface area (Å²) in [6.45, 7) is 0. The highest BCUT2D eigenvalue weighted by Gasteiger charge is 2.25. The average molecular weight is 1560 g/mol. The van der Waals surface area contributed by atoms with Crippen LogP contribution >= 0.6 is 0 Å². The average Bonchev–Trinajstić information content (AvgIpc) is 1.73. The zero-order valence-electron chi connectivity index (χ0n) is 66.9. The van der Waals surface area contributed by atoms with E-state index in [1.807, 2.05) is 24.3 Å². The van der Waals surface area contributed by atoms with Gasteiger partial charge in [0.1, 0.15) is 22.3 Å². The fourth-order valence-corrected chi connectivity index (χ4v) is 17.6. The van der Waals surface area contributed by atoms with E-state index < -0.39 is 0 Å². The molecule has 0 amide bonds. The Morgan fingerprint density at radius 1 is 0.131 bits per heavy atom. The van der Waals surface area contributed by atoms with Gasteiger partial charge in [-0.15, -0.1) is 0 Å². The van der Waals surface area contributed by atoms with Crippen molar-refractivity contribution in [1.29, 1.82) is 0 Å². The number of nitrogens with zero attached hydrogens (tertiary/aromatic N) is 2. The van der Waals surface area contributed by atoms with Crippen LogP contribution in [0.3, 0.4) is 0 Å². The third kappa shape index (κ3) is 14.4. The van der Waals surface area contributed by atoms with Crippen LogP contribution in [-0.2, 0) is 0 Å². The van der Waals surface area contributed by atoms with Crippen molar-refractivity contribution in [2.45, 2.75) is 0 Å². The van der Waals surface area contributed by atoms with Crippen molar-refractivity contribution in [2.75, 3.05) is 9.80 Å². The lowest BCUT2D eigenvalue weighted by atomic mass is 9.90. The molecule has 22 rings (SSSR count). The molecule has 0 spiro atoms. The van der Waals surface area contributed by atoms with Crippen LogP contribution in [0.5, 0.6) is 0 Å². The number of para-hydroxylation sites is 3. The van der Waals surface area contributed by atoms with Gasteiger partial charge >= 0.3 is 0 Å². The third-order valence-electron chi connectivity index (χ3n) is 23.6. The molecule has 4 nitrogen and oxygen atoms in total. The highest BCUT2D eigenvalue weighted by molar-refractivity contribution is 6.09. The molecule has 0 atom stereocenters. The highest BCUT2D eigenvalue weighted by Crippen LogP contribution is 2.50. The van der Waals surface area contributed by atoms with E-state index in [1.54, 1.807) is 0 Å². The van der Waals surface area contributed by atoms with E-state index in [9.17, 15) is 0 Å². The first kappa shape index (κ1) is 73.5. The molecule has 0 saturated heterocycles. The lowest BCUT2D eigenvalue weighted by Crippen LogP contribution is -2.12. The zero-order chi connectivity index (χ0) is 81.1. The van der Waals surface area contributed by atoms with Gasteiger partial charge in [0, 0.05) is 55.0 Å². The van der Waals surface area contributed by atoms with E-state index in [0.29, 0.717) is 0 Å². The third-order valence-corrected chi connectivity index (χ3v) is 23.6. The van der Waals surface area contributed by atoms with Gasteiger partial charge in [0.15, 0.2) is 0 Å². The largest absolute Gasteiger partial charge is 0.456 e. The van der Waals surface area contributed by atoms with E-state index in [-0.39, 0.29) is 0 Å². The van der Waals surface area contributed by atoms with Crippen LogP contribution in [0.4, 0.5) is 34.1 Å². The number of hydrogen-bond acceptors (Lipinski definition) is 4. The van der Waals surface area contributed by atoms with Crippen LogP contribution in [-0.4, -0.2) is 0 Å². The Morgan fingerprint density at radius 2 is 0.410 bits per heavy atom. The quantitative estimate of drug-likeness (QED) is 0.0910. The number of rotatable bonds is 17. The first-order chi connectivity index (χ1) is 60.5. The predicted octanol–water partition coefficient (Wildman–Crippen LogP) is 33.6. The molecule has 2 aromatic heterocycles. The smallest absolute Gasteiger partial charge is 0.135 e. The van der Waals surface area contributed by atoms with Crippen molar-refractivity contribution in [1.82, 2.24) is 0 Å². The molecule has 0 radical (unpaired) electrons. The van der Waals surface area contributed by atoms with Gasteiger partial charge in [0.2, 0.25) is 0 Å². The van der Waals surface area contributed by atoms with E-state index in [4.69, 9.17) is 8.83 Å². The molecule has 122 heavy (non-hydrogen) atoms. The van der Waals surface area contributed by atoms with E-state index in [2.05, 4.69) is 471 Å².